The van der Waals surface area contributed by atoms with E-state index in [1.165, 1.54) is 5.56 Å². The number of nitrogens with two attached hydrogens (primary N) is 1. The van der Waals surface area contributed by atoms with Crippen LogP contribution in [0.15, 0.2) is 30.3 Å². The summed E-state index contributed by atoms with van der Waals surface area (Å²) in [5.74, 6) is 0.233. The van der Waals surface area contributed by atoms with Crippen LogP contribution in [0.3, 0.4) is 0 Å². The summed E-state index contributed by atoms with van der Waals surface area (Å²) in [6.45, 7) is 7.20. The highest BCUT2D eigenvalue weighted by molar-refractivity contribution is 5.76. The summed E-state index contributed by atoms with van der Waals surface area (Å²) < 4.78 is 5.64. The van der Waals surface area contributed by atoms with Gasteiger partial charge in [-0.15, -0.1) is 0 Å². The van der Waals surface area contributed by atoms with Crippen molar-refractivity contribution in [3.05, 3.63) is 35.9 Å². The van der Waals surface area contributed by atoms with Gasteiger partial charge in [0.1, 0.15) is 0 Å². The van der Waals surface area contributed by atoms with Crippen molar-refractivity contribution in [3.63, 3.8) is 0 Å². The van der Waals surface area contributed by atoms with Crippen molar-refractivity contribution in [2.45, 2.75) is 45.6 Å². The third-order valence-corrected chi connectivity index (χ3v) is 4.72. The third kappa shape index (κ3) is 5.63. The zero-order valence-electron chi connectivity index (χ0n) is 14.5. The number of hydrogen-bond donors (Lipinski definition) is 1. The first-order valence-electron chi connectivity index (χ1n) is 8.64. The van der Waals surface area contributed by atoms with E-state index in [4.69, 9.17) is 10.5 Å². The van der Waals surface area contributed by atoms with Crippen LogP contribution in [0.25, 0.3) is 0 Å². The Morgan fingerprint density at radius 1 is 1.30 bits per heavy atom. The summed E-state index contributed by atoms with van der Waals surface area (Å²) in [5.41, 5.74) is 7.42. The number of nitrogens with zero attached hydrogens (tertiary/aromatic N) is 1. The molecule has 1 heterocycles. The van der Waals surface area contributed by atoms with Crippen molar-refractivity contribution in [2.75, 3.05) is 26.3 Å². The van der Waals surface area contributed by atoms with Gasteiger partial charge >= 0.3 is 0 Å². The van der Waals surface area contributed by atoms with E-state index in [1.807, 2.05) is 23.1 Å². The lowest BCUT2D eigenvalue weighted by molar-refractivity contribution is -0.135. The normalized spacial score (nSPS) is 20.5. The molecule has 1 aliphatic heterocycles. The van der Waals surface area contributed by atoms with Crippen LogP contribution in [-0.2, 0) is 16.0 Å². The quantitative estimate of drug-likeness (QED) is 0.786. The van der Waals surface area contributed by atoms with Crippen molar-refractivity contribution < 1.29 is 9.53 Å². The first-order valence-corrected chi connectivity index (χ1v) is 8.64. The zero-order valence-corrected chi connectivity index (χ0v) is 14.5. The highest BCUT2D eigenvalue weighted by atomic mass is 16.5. The molecule has 4 heteroatoms. The fourth-order valence-corrected chi connectivity index (χ4v) is 3.01. The van der Waals surface area contributed by atoms with E-state index in [0.717, 1.165) is 32.4 Å². The fraction of sp³-hybridized carbons (Fsp3) is 0.632. The lowest BCUT2D eigenvalue weighted by atomic mass is 9.79. The van der Waals surface area contributed by atoms with E-state index in [-0.39, 0.29) is 17.4 Å². The standard InChI is InChI=1S/C19H30N2O2/c1-19(2)15-21(12-10-17(19)20)18(22)9-6-13-23-14-11-16-7-4-3-5-8-16/h3-5,7-8,17H,6,9-15,20H2,1-2H3. The van der Waals surface area contributed by atoms with Crippen LogP contribution in [0.1, 0.15) is 38.7 Å². The molecule has 1 fully saturated rings. The number of hydrogen-bond acceptors (Lipinski definition) is 3. The molecular formula is C19H30N2O2. The SMILES string of the molecule is CC1(C)CN(C(=O)CCCOCCc2ccccc2)CCC1N. The number of benzene rings is 1. The number of likely N-dealkylation sites (tertiary alicyclic amines) is 1. The third-order valence-electron chi connectivity index (χ3n) is 4.72. The van der Waals surface area contributed by atoms with E-state index in [2.05, 4.69) is 26.0 Å². The van der Waals surface area contributed by atoms with Crippen molar-refractivity contribution >= 4 is 5.91 Å². The lowest BCUT2D eigenvalue weighted by Gasteiger charge is -2.42. The molecule has 0 bridgehead atoms. The van der Waals surface area contributed by atoms with E-state index < -0.39 is 0 Å². The summed E-state index contributed by atoms with van der Waals surface area (Å²) >= 11 is 0. The second kappa shape index (κ2) is 8.46. The Hall–Kier alpha value is -1.39. The van der Waals surface area contributed by atoms with Gasteiger partial charge in [-0.25, -0.2) is 0 Å². The predicted molar refractivity (Wildman–Crippen MR) is 93.2 cm³/mol. The van der Waals surface area contributed by atoms with E-state index >= 15 is 0 Å². The van der Waals surface area contributed by atoms with Gasteiger partial charge in [-0.3, -0.25) is 4.79 Å². The van der Waals surface area contributed by atoms with Crippen LogP contribution in [0.2, 0.25) is 0 Å². The summed E-state index contributed by atoms with van der Waals surface area (Å²) in [6, 6.07) is 10.5. The van der Waals surface area contributed by atoms with Crippen molar-refractivity contribution in [3.8, 4) is 0 Å². The maximum atomic E-state index is 12.3. The zero-order chi connectivity index (χ0) is 16.7. The molecule has 23 heavy (non-hydrogen) atoms. The Balaban J connectivity index is 1.58. The minimum absolute atomic E-state index is 0.0140. The van der Waals surface area contributed by atoms with E-state index in [0.29, 0.717) is 19.6 Å². The van der Waals surface area contributed by atoms with Crippen molar-refractivity contribution in [1.29, 1.82) is 0 Å². The van der Waals surface area contributed by atoms with Gasteiger partial charge in [-0.1, -0.05) is 44.2 Å². The molecule has 0 aromatic heterocycles. The number of piperidine rings is 1. The average molecular weight is 318 g/mol. The molecule has 1 unspecified atom stereocenters. The van der Waals surface area contributed by atoms with Gasteiger partial charge in [-0.2, -0.15) is 0 Å². The summed E-state index contributed by atoms with van der Waals surface area (Å²) in [4.78, 5) is 14.2. The fourth-order valence-electron chi connectivity index (χ4n) is 3.01. The highest BCUT2D eigenvalue weighted by Gasteiger charge is 2.34. The first kappa shape index (κ1) is 18.0. The van der Waals surface area contributed by atoms with Gasteiger partial charge in [-0.05, 0) is 30.2 Å². The molecule has 2 rings (SSSR count). The van der Waals surface area contributed by atoms with Crippen molar-refractivity contribution in [1.82, 2.24) is 4.90 Å². The number of carbonyl (C=O) groups excluding carboxylic acids is 1. The summed E-state index contributed by atoms with van der Waals surface area (Å²) in [6.07, 6.45) is 3.17. The molecule has 128 valence electrons. The van der Waals surface area contributed by atoms with Crippen LogP contribution in [0.4, 0.5) is 0 Å². The lowest BCUT2D eigenvalue weighted by Crippen LogP contribution is -2.53. The molecule has 1 aliphatic rings. The maximum absolute atomic E-state index is 12.3. The Morgan fingerprint density at radius 3 is 2.74 bits per heavy atom. The topological polar surface area (TPSA) is 55.6 Å². The second-order valence-electron chi connectivity index (χ2n) is 7.15. The number of amides is 1. The maximum Gasteiger partial charge on any atom is 0.222 e. The van der Waals surface area contributed by atoms with Crippen LogP contribution in [-0.4, -0.2) is 43.2 Å². The molecule has 0 spiro atoms. The van der Waals surface area contributed by atoms with E-state index in [9.17, 15) is 4.79 Å². The van der Waals surface area contributed by atoms with Crippen LogP contribution >= 0.6 is 0 Å². The Bertz CT molecular complexity index is 487. The number of carbonyl (C=O) groups is 1. The average Bonchev–Trinajstić information content (AvgIpc) is 2.54. The first-order chi connectivity index (χ1) is 11.0. The van der Waals surface area contributed by atoms with Gasteiger partial charge < -0.3 is 15.4 Å². The monoisotopic (exact) mass is 318 g/mol. The predicted octanol–water partition coefficient (Wildman–Crippen LogP) is 2.61. The Morgan fingerprint density at radius 2 is 2.04 bits per heavy atom. The summed E-state index contributed by atoms with van der Waals surface area (Å²) in [5, 5.41) is 0. The molecule has 0 aliphatic carbocycles. The summed E-state index contributed by atoms with van der Waals surface area (Å²) in [7, 11) is 0. The molecule has 4 nitrogen and oxygen atoms in total. The molecule has 0 saturated carbocycles. The van der Waals surface area contributed by atoms with Gasteiger partial charge in [0.25, 0.3) is 0 Å². The second-order valence-corrected chi connectivity index (χ2v) is 7.15. The molecular weight excluding hydrogens is 288 g/mol. The van der Waals surface area contributed by atoms with Crippen molar-refractivity contribution in [2.24, 2.45) is 11.1 Å². The largest absolute Gasteiger partial charge is 0.381 e. The van der Waals surface area contributed by atoms with Gasteiger partial charge in [0, 0.05) is 32.2 Å². The van der Waals surface area contributed by atoms with Crippen LogP contribution in [0, 0.1) is 5.41 Å². The van der Waals surface area contributed by atoms with Gasteiger partial charge in [0.15, 0.2) is 0 Å². The minimum atomic E-state index is 0.0140. The molecule has 2 N–H and O–H groups in total. The molecule has 1 atom stereocenters. The smallest absolute Gasteiger partial charge is 0.222 e. The van der Waals surface area contributed by atoms with Gasteiger partial charge in [0.05, 0.1) is 6.61 Å². The molecule has 1 aromatic rings. The molecule has 0 radical (unpaired) electrons. The van der Waals surface area contributed by atoms with Crippen LogP contribution in [0.5, 0.6) is 0 Å². The Kier molecular flexibility index (Phi) is 6.60. The highest BCUT2D eigenvalue weighted by Crippen LogP contribution is 2.28. The Labute approximate surface area is 140 Å². The van der Waals surface area contributed by atoms with Gasteiger partial charge in [0.2, 0.25) is 5.91 Å². The molecule has 1 aromatic carbocycles. The molecule has 1 saturated heterocycles. The number of ether oxygens (including phenoxy) is 1. The van der Waals surface area contributed by atoms with E-state index in [1.54, 1.807) is 0 Å². The van der Waals surface area contributed by atoms with Crippen LogP contribution < -0.4 is 5.73 Å². The number of rotatable bonds is 7. The molecule has 1 amide bonds. The minimum Gasteiger partial charge on any atom is -0.381 e.